The van der Waals surface area contributed by atoms with Gasteiger partial charge in [0.25, 0.3) is 0 Å². The molecule has 1 N–H and O–H groups in total. The zero-order valence-electron chi connectivity index (χ0n) is 15.4. The minimum Gasteiger partial charge on any atom is -0.441 e. The van der Waals surface area contributed by atoms with E-state index in [4.69, 9.17) is 4.42 Å². The molecule has 0 saturated heterocycles. The fourth-order valence-electron chi connectivity index (χ4n) is 2.94. The summed E-state index contributed by atoms with van der Waals surface area (Å²) < 4.78 is 44.5. The SMILES string of the molecule is Cc1oc(-c2cccc(C(F)(F)F)c2)nc1CN(CCO)Cc1ccccc1. The molecule has 7 heteroatoms. The number of aromatic nitrogens is 1. The molecule has 0 aliphatic heterocycles. The number of hydrogen-bond donors (Lipinski definition) is 1. The molecular weight excluding hydrogens is 369 g/mol. The van der Waals surface area contributed by atoms with Crippen LogP contribution in [0.3, 0.4) is 0 Å². The van der Waals surface area contributed by atoms with Crippen LogP contribution in [0, 0.1) is 6.92 Å². The molecule has 2 aromatic carbocycles. The summed E-state index contributed by atoms with van der Waals surface area (Å²) in [4.78, 5) is 6.42. The summed E-state index contributed by atoms with van der Waals surface area (Å²) in [7, 11) is 0. The lowest BCUT2D eigenvalue weighted by molar-refractivity contribution is -0.137. The van der Waals surface area contributed by atoms with Gasteiger partial charge in [-0.1, -0.05) is 36.4 Å². The van der Waals surface area contributed by atoms with E-state index >= 15 is 0 Å². The van der Waals surface area contributed by atoms with Gasteiger partial charge in [-0.25, -0.2) is 4.98 Å². The van der Waals surface area contributed by atoms with Crippen molar-refractivity contribution in [1.82, 2.24) is 9.88 Å². The molecule has 0 amide bonds. The molecule has 28 heavy (non-hydrogen) atoms. The topological polar surface area (TPSA) is 49.5 Å². The van der Waals surface area contributed by atoms with E-state index < -0.39 is 11.7 Å². The van der Waals surface area contributed by atoms with Gasteiger partial charge in [-0.2, -0.15) is 13.2 Å². The van der Waals surface area contributed by atoms with E-state index in [2.05, 4.69) is 4.98 Å². The normalized spacial score (nSPS) is 11.9. The fraction of sp³-hybridized carbons (Fsp3) is 0.286. The molecule has 0 bridgehead atoms. The lowest BCUT2D eigenvalue weighted by Gasteiger charge is -2.20. The Hall–Kier alpha value is -2.64. The number of aliphatic hydroxyl groups is 1. The average molecular weight is 390 g/mol. The first kappa shape index (κ1) is 20.1. The maximum Gasteiger partial charge on any atom is 0.416 e. The molecule has 0 unspecified atom stereocenters. The average Bonchev–Trinajstić information content (AvgIpc) is 3.03. The van der Waals surface area contributed by atoms with E-state index in [1.54, 1.807) is 13.0 Å². The smallest absolute Gasteiger partial charge is 0.416 e. The Morgan fingerprint density at radius 3 is 2.46 bits per heavy atom. The van der Waals surface area contributed by atoms with Crippen LogP contribution in [0.4, 0.5) is 13.2 Å². The van der Waals surface area contributed by atoms with Gasteiger partial charge in [-0.3, -0.25) is 4.90 Å². The Kier molecular flexibility index (Phi) is 6.16. The third kappa shape index (κ3) is 4.99. The highest BCUT2D eigenvalue weighted by Crippen LogP contribution is 2.32. The Morgan fingerprint density at radius 1 is 1.04 bits per heavy atom. The number of oxazole rings is 1. The van der Waals surface area contributed by atoms with E-state index in [0.717, 1.165) is 17.7 Å². The summed E-state index contributed by atoms with van der Waals surface area (Å²) in [5.41, 5.74) is 1.27. The lowest BCUT2D eigenvalue weighted by Crippen LogP contribution is -2.26. The quantitative estimate of drug-likeness (QED) is 0.637. The van der Waals surface area contributed by atoms with Crippen LogP contribution in [0.5, 0.6) is 0 Å². The van der Waals surface area contributed by atoms with E-state index in [0.29, 0.717) is 31.1 Å². The van der Waals surface area contributed by atoms with Crippen LogP contribution in [0.15, 0.2) is 59.0 Å². The van der Waals surface area contributed by atoms with Crippen LogP contribution < -0.4 is 0 Å². The maximum atomic E-state index is 13.0. The number of alkyl halides is 3. The molecule has 0 saturated carbocycles. The molecule has 3 rings (SSSR count). The zero-order valence-corrected chi connectivity index (χ0v) is 15.4. The molecule has 0 aliphatic rings. The second-order valence-electron chi connectivity index (χ2n) is 6.52. The second kappa shape index (κ2) is 8.58. The van der Waals surface area contributed by atoms with Crippen LogP contribution in [-0.4, -0.2) is 28.1 Å². The van der Waals surface area contributed by atoms with E-state index in [1.165, 1.54) is 6.07 Å². The highest BCUT2D eigenvalue weighted by Gasteiger charge is 2.31. The van der Waals surface area contributed by atoms with Crippen molar-refractivity contribution in [2.75, 3.05) is 13.2 Å². The highest BCUT2D eigenvalue weighted by atomic mass is 19.4. The summed E-state index contributed by atoms with van der Waals surface area (Å²) in [5, 5.41) is 9.36. The minimum atomic E-state index is -4.42. The summed E-state index contributed by atoms with van der Waals surface area (Å²) in [6, 6.07) is 14.7. The van der Waals surface area contributed by atoms with Crippen molar-refractivity contribution < 1.29 is 22.7 Å². The monoisotopic (exact) mass is 390 g/mol. The molecule has 0 atom stereocenters. The van der Waals surface area contributed by atoms with E-state index in [1.807, 2.05) is 35.2 Å². The molecule has 1 aromatic heterocycles. The molecule has 0 spiro atoms. The Balaban J connectivity index is 1.81. The number of aryl methyl sites for hydroxylation is 1. The number of benzene rings is 2. The predicted molar refractivity (Wildman–Crippen MR) is 99.3 cm³/mol. The minimum absolute atomic E-state index is 0.00970. The maximum absolute atomic E-state index is 13.0. The van der Waals surface area contributed by atoms with Gasteiger partial charge in [0, 0.05) is 25.2 Å². The fourth-order valence-corrected chi connectivity index (χ4v) is 2.94. The van der Waals surface area contributed by atoms with Gasteiger partial charge in [0.2, 0.25) is 5.89 Å². The lowest BCUT2D eigenvalue weighted by atomic mass is 10.1. The highest BCUT2D eigenvalue weighted by molar-refractivity contribution is 5.55. The van der Waals surface area contributed by atoms with Crippen molar-refractivity contribution >= 4 is 0 Å². The zero-order chi connectivity index (χ0) is 20.1. The molecule has 4 nitrogen and oxygen atoms in total. The first-order valence-electron chi connectivity index (χ1n) is 8.88. The van der Waals surface area contributed by atoms with Gasteiger partial charge in [0.1, 0.15) is 5.76 Å². The van der Waals surface area contributed by atoms with Crippen molar-refractivity contribution in [3.8, 4) is 11.5 Å². The van der Waals surface area contributed by atoms with Gasteiger partial charge < -0.3 is 9.52 Å². The van der Waals surface area contributed by atoms with Crippen LogP contribution >= 0.6 is 0 Å². The van der Waals surface area contributed by atoms with Crippen LogP contribution in [0.1, 0.15) is 22.6 Å². The predicted octanol–water partition coefficient (Wildman–Crippen LogP) is 4.66. The van der Waals surface area contributed by atoms with Crippen molar-refractivity contribution in [2.45, 2.75) is 26.2 Å². The van der Waals surface area contributed by atoms with Gasteiger partial charge in [0.05, 0.1) is 17.9 Å². The van der Waals surface area contributed by atoms with E-state index in [9.17, 15) is 18.3 Å². The molecule has 3 aromatic rings. The number of aliphatic hydroxyl groups excluding tert-OH is 1. The molecule has 148 valence electrons. The molecule has 0 radical (unpaired) electrons. The Morgan fingerprint density at radius 2 is 1.79 bits per heavy atom. The van der Waals surface area contributed by atoms with Crippen molar-refractivity contribution in [1.29, 1.82) is 0 Å². The van der Waals surface area contributed by atoms with Crippen LogP contribution in [-0.2, 0) is 19.3 Å². The van der Waals surface area contributed by atoms with Gasteiger partial charge in [-0.15, -0.1) is 0 Å². The number of halogens is 3. The summed E-state index contributed by atoms with van der Waals surface area (Å²) >= 11 is 0. The van der Waals surface area contributed by atoms with Gasteiger partial charge in [-0.05, 0) is 30.7 Å². The third-order valence-corrected chi connectivity index (χ3v) is 4.37. The second-order valence-corrected chi connectivity index (χ2v) is 6.52. The summed E-state index contributed by atoms with van der Waals surface area (Å²) in [6.07, 6.45) is -4.42. The van der Waals surface area contributed by atoms with Gasteiger partial charge >= 0.3 is 6.18 Å². The molecule has 1 heterocycles. The van der Waals surface area contributed by atoms with Crippen molar-refractivity contribution in [3.63, 3.8) is 0 Å². The summed E-state index contributed by atoms with van der Waals surface area (Å²) in [6.45, 7) is 3.21. The van der Waals surface area contributed by atoms with Crippen molar-refractivity contribution in [2.24, 2.45) is 0 Å². The van der Waals surface area contributed by atoms with E-state index in [-0.39, 0.29) is 18.1 Å². The standard InChI is InChI=1S/C21H21F3N2O2/c1-15-19(14-26(10-11-27)13-16-6-3-2-4-7-16)25-20(28-15)17-8-5-9-18(12-17)21(22,23)24/h2-9,12,27H,10-11,13-14H2,1H3. The van der Waals surface area contributed by atoms with Crippen LogP contribution in [0.25, 0.3) is 11.5 Å². The van der Waals surface area contributed by atoms with Gasteiger partial charge in [0.15, 0.2) is 0 Å². The molecular formula is C21H21F3N2O2. The third-order valence-electron chi connectivity index (χ3n) is 4.37. The Labute approximate surface area is 161 Å². The first-order chi connectivity index (χ1) is 13.4. The summed E-state index contributed by atoms with van der Waals surface area (Å²) in [5.74, 6) is 0.700. The van der Waals surface area contributed by atoms with Crippen LogP contribution in [0.2, 0.25) is 0 Å². The number of hydrogen-bond acceptors (Lipinski definition) is 4. The number of nitrogens with zero attached hydrogens (tertiary/aromatic N) is 2. The molecule has 0 aliphatic carbocycles. The largest absolute Gasteiger partial charge is 0.441 e. The molecule has 0 fully saturated rings. The number of rotatable bonds is 7. The van der Waals surface area contributed by atoms with Crippen molar-refractivity contribution in [3.05, 3.63) is 77.2 Å². The Bertz CT molecular complexity index is 908. The first-order valence-corrected chi connectivity index (χ1v) is 8.88.